The van der Waals surface area contributed by atoms with Gasteiger partial charge in [-0.3, -0.25) is 37.3 Å². The van der Waals surface area contributed by atoms with Crippen molar-refractivity contribution in [3.63, 3.8) is 0 Å². The average Bonchev–Trinajstić information content (AvgIpc) is 2.00. The Balaban J connectivity index is 5.26. The van der Waals surface area contributed by atoms with Gasteiger partial charge in [0.1, 0.15) is 19.3 Å². The molecule has 96 heavy (non-hydrogen) atoms. The number of hydrogen-bond acceptors (Lipinski definition) is 15. The highest BCUT2D eigenvalue weighted by Crippen LogP contribution is 2.45. The maximum absolute atomic E-state index is 13.1. The second-order valence-electron chi connectivity index (χ2n) is 29.2. The number of carbonyl (C=O) groups is 4. The highest BCUT2D eigenvalue weighted by Gasteiger charge is 2.30. The third-order valence-electron chi connectivity index (χ3n) is 18.5. The zero-order chi connectivity index (χ0) is 71.0. The van der Waals surface area contributed by atoms with Gasteiger partial charge in [0.2, 0.25) is 0 Å². The molecule has 0 aromatic heterocycles. The summed E-state index contributed by atoms with van der Waals surface area (Å²) in [5, 5.41) is 10.6. The number of phosphoric ester groups is 2. The van der Waals surface area contributed by atoms with Crippen LogP contribution in [0.3, 0.4) is 0 Å². The summed E-state index contributed by atoms with van der Waals surface area (Å²) in [5.41, 5.74) is 0. The first kappa shape index (κ1) is 94.1. The monoisotopic (exact) mass is 1410 g/mol. The first-order chi connectivity index (χ1) is 46.2. The lowest BCUT2D eigenvalue weighted by atomic mass is 9.99. The zero-order valence-corrected chi connectivity index (χ0v) is 64.8. The fourth-order valence-corrected chi connectivity index (χ4v) is 13.2. The molecule has 0 amide bonds. The molecule has 570 valence electrons. The lowest BCUT2D eigenvalue weighted by Crippen LogP contribution is -2.30. The summed E-state index contributed by atoms with van der Waals surface area (Å²) in [6.07, 6.45) is 51.2. The van der Waals surface area contributed by atoms with Crippen molar-refractivity contribution in [2.75, 3.05) is 39.6 Å². The van der Waals surface area contributed by atoms with Gasteiger partial charge >= 0.3 is 39.5 Å². The molecule has 0 aromatic rings. The van der Waals surface area contributed by atoms with Crippen molar-refractivity contribution >= 4 is 39.5 Å². The van der Waals surface area contributed by atoms with Crippen LogP contribution in [-0.4, -0.2) is 96.7 Å². The van der Waals surface area contributed by atoms with Gasteiger partial charge in [0.25, 0.3) is 0 Å². The molecular weight excluding hydrogens is 1260 g/mol. The average molecular weight is 1410 g/mol. The Morgan fingerprint density at radius 2 is 0.500 bits per heavy atom. The zero-order valence-electron chi connectivity index (χ0n) is 63.0. The van der Waals surface area contributed by atoms with Crippen LogP contribution in [0.5, 0.6) is 0 Å². The van der Waals surface area contributed by atoms with Gasteiger partial charge in [-0.25, -0.2) is 9.13 Å². The molecule has 0 heterocycles. The minimum Gasteiger partial charge on any atom is -0.462 e. The van der Waals surface area contributed by atoms with Crippen LogP contribution in [0, 0.1) is 23.7 Å². The van der Waals surface area contributed by atoms with E-state index in [0.29, 0.717) is 25.7 Å². The van der Waals surface area contributed by atoms with Crippen LogP contribution < -0.4 is 0 Å². The summed E-state index contributed by atoms with van der Waals surface area (Å²) in [6.45, 7) is 14.2. The predicted octanol–water partition coefficient (Wildman–Crippen LogP) is 22.4. The van der Waals surface area contributed by atoms with Crippen molar-refractivity contribution in [2.24, 2.45) is 23.7 Å². The molecule has 3 N–H and O–H groups in total. The van der Waals surface area contributed by atoms with E-state index in [1.54, 1.807) is 0 Å². The third kappa shape index (κ3) is 67.9. The molecule has 0 aliphatic heterocycles. The van der Waals surface area contributed by atoms with E-state index in [0.717, 1.165) is 114 Å². The molecule has 0 saturated heterocycles. The van der Waals surface area contributed by atoms with Crippen molar-refractivity contribution in [2.45, 2.75) is 408 Å². The fourth-order valence-electron chi connectivity index (χ4n) is 11.7. The van der Waals surface area contributed by atoms with E-state index in [9.17, 15) is 43.2 Å². The van der Waals surface area contributed by atoms with Gasteiger partial charge in [0, 0.05) is 25.7 Å². The van der Waals surface area contributed by atoms with Crippen LogP contribution in [0.1, 0.15) is 389 Å². The fraction of sp³-hybridized carbons (Fsp3) is 0.948. The largest absolute Gasteiger partial charge is 0.472 e. The molecule has 0 bridgehead atoms. The second-order valence-corrected chi connectivity index (χ2v) is 32.1. The molecule has 0 aliphatic carbocycles. The Bertz CT molecular complexity index is 1890. The molecule has 0 rings (SSSR count). The first-order valence-electron chi connectivity index (χ1n) is 39.8. The molecule has 0 radical (unpaired) electrons. The SMILES string of the molecule is CCC(C)CCCCCCCCCCCCCCCCC(=O)O[C@H](COC(=O)CCCCCCCCCCCCC(C)C)COP(=O)(O)OCC(O)COP(=O)(O)OC[C@@H](COC(=O)CCCCCCCCCCC(C)C)OC(=O)CCCCCCCCCCCCC(C)CC. The molecule has 0 aromatic carbocycles. The number of phosphoric acid groups is 2. The minimum absolute atomic E-state index is 0.105. The molecule has 17 nitrogen and oxygen atoms in total. The Hall–Kier alpha value is -1.94. The number of rotatable bonds is 74. The lowest BCUT2D eigenvalue weighted by Gasteiger charge is -2.21. The van der Waals surface area contributed by atoms with Gasteiger partial charge in [-0.1, -0.05) is 338 Å². The molecule has 19 heteroatoms. The summed E-state index contributed by atoms with van der Waals surface area (Å²) in [5.74, 6) is 1.01. The van der Waals surface area contributed by atoms with Gasteiger partial charge in [-0.15, -0.1) is 0 Å². The number of esters is 4. The summed E-state index contributed by atoms with van der Waals surface area (Å²) in [4.78, 5) is 72.9. The third-order valence-corrected chi connectivity index (χ3v) is 20.4. The van der Waals surface area contributed by atoms with E-state index in [1.807, 2.05) is 0 Å². The lowest BCUT2D eigenvalue weighted by molar-refractivity contribution is -0.161. The van der Waals surface area contributed by atoms with Crippen molar-refractivity contribution < 1.29 is 80.2 Å². The van der Waals surface area contributed by atoms with Gasteiger partial charge in [-0.2, -0.15) is 0 Å². The maximum atomic E-state index is 13.1. The topological polar surface area (TPSA) is 237 Å². The second kappa shape index (κ2) is 66.3. The minimum atomic E-state index is -4.96. The van der Waals surface area contributed by atoms with E-state index in [-0.39, 0.29) is 25.7 Å². The van der Waals surface area contributed by atoms with Gasteiger partial charge in [0.05, 0.1) is 26.4 Å². The number of carbonyl (C=O) groups excluding carboxylic acids is 4. The van der Waals surface area contributed by atoms with Gasteiger partial charge < -0.3 is 33.8 Å². The standard InChI is InChI=1S/C77H150O17P2/c1-9-69(7)55-47-39-31-22-15-13-11-12-14-16-25-35-43-51-59-76(81)93-72(63-87-74(79)57-49-41-33-24-19-17-21-29-37-45-53-67(3)4)65-91-95(83,84)89-61-71(78)62-90-96(85,86)92-66-73(64-88-75(80)58-50-42-34-28-27-30-38-46-54-68(5)6)94-77(82)60-52-44-36-26-20-18-23-32-40-48-56-70(8)10-2/h67-73,78H,9-66H2,1-8H3,(H,83,84)(H,85,86)/t69?,70?,71?,72-,73-/m1/s1. The highest BCUT2D eigenvalue weighted by atomic mass is 31.2. The molecule has 0 saturated carbocycles. The number of ether oxygens (including phenoxy) is 4. The smallest absolute Gasteiger partial charge is 0.462 e. The quantitative estimate of drug-likeness (QED) is 0.0222. The molecule has 7 atom stereocenters. The predicted molar refractivity (Wildman–Crippen MR) is 391 cm³/mol. The van der Waals surface area contributed by atoms with Crippen molar-refractivity contribution in [1.29, 1.82) is 0 Å². The Kier molecular flexibility index (Phi) is 65.0. The molecular formula is C77H150O17P2. The first-order valence-corrected chi connectivity index (χ1v) is 42.8. The Morgan fingerprint density at radius 1 is 0.292 bits per heavy atom. The Morgan fingerprint density at radius 3 is 0.740 bits per heavy atom. The molecule has 0 aliphatic rings. The normalized spacial score (nSPS) is 14.7. The van der Waals surface area contributed by atoms with E-state index < -0.39 is 97.5 Å². The van der Waals surface area contributed by atoms with Crippen LogP contribution in [0.15, 0.2) is 0 Å². The molecule has 0 fully saturated rings. The summed E-state index contributed by atoms with van der Waals surface area (Å²) < 4.78 is 68.6. The summed E-state index contributed by atoms with van der Waals surface area (Å²) in [7, 11) is -9.92. The van der Waals surface area contributed by atoms with Gasteiger partial charge in [0.15, 0.2) is 12.2 Å². The van der Waals surface area contributed by atoms with Crippen LogP contribution in [-0.2, 0) is 65.4 Å². The van der Waals surface area contributed by atoms with Crippen molar-refractivity contribution in [3.05, 3.63) is 0 Å². The summed E-state index contributed by atoms with van der Waals surface area (Å²) in [6, 6.07) is 0. The van der Waals surface area contributed by atoms with Crippen LogP contribution in [0.4, 0.5) is 0 Å². The van der Waals surface area contributed by atoms with E-state index >= 15 is 0 Å². The number of unbranched alkanes of at least 4 members (excludes halogenated alkanes) is 38. The van der Waals surface area contributed by atoms with E-state index in [4.69, 9.17) is 37.0 Å². The number of hydrogen-bond donors (Lipinski definition) is 3. The Labute approximate surface area is 588 Å². The van der Waals surface area contributed by atoms with Crippen LogP contribution >= 0.6 is 15.6 Å². The molecule has 5 unspecified atom stereocenters. The van der Waals surface area contributed by atoms with Crippen molar-refractivity contribution in [3.8, 4) is 0 Å². The molecule has 0 spiro atoms. The van der Waals surface area contributed by atoms with Gasteiger partial charge in [-0.05, 0) is 49.4 Å². The highest BCUT2D eigenvalue weighted by molar-refractivity contribution is 7.47. The number of aliphatic hydroxyl groups is 1. The number of aliphatic hydroxyl groups excluding tert-OH is 1. The van der Waals surface area contributed by atoms with E-state index in [2.05, 4.69) is 55.4 Å². The van der Waals surface area contributed by atoms with Crippen LogP contribution in [0.2, 0.25) is 0 Å². The maximum Gasteiger partial charge on any atom is 0.472 e. The van der Waals surface area contributed by atoms with Crippen LogP contribution in [0.25, 0.3) is 0 Å². The summed E-state index contributed by atoms with van der Waals surface area (Å²) >= 11 is 0. The van der Waals surface area contributed by atoms with Crippen molar-refractivity contribution in [1.82, 2.24) is 0 Å². The van der Waals surface area contributed by atoms with E-state index in [1.165, 1.54) is 193 Å².